The number of aryl methyl sites for hydroxylation is 1. The van der Waals surface area contributed by atoms with E-state index in [0.717, 1.165) is 13.1 Å². The van der Waals surface area contributed by atoms with Crippen LogP contribution in [0.5, 0.6) is 0 Å². The van der Waals surface area contributed by atoms with Gasteiger partial charge in [-0.25, -0.2) is 4.79 Å². The molecule has 182 valence electrons. The molecule has 9 heteroatoms. The van der Waals surface area contributed by atoms with E-state index in [1.165, 1.54) is 4.90 Å². The Balaban J connectivity index is 2.14. The molecule has 1 aliphatic heterocycles. The van der Waals surface area contributed by atoms with Crippen molar-refractivity contribution in [2.75, 3.05) is 32.8 Å². The number of likely N-dealkylation sites (N-methyl/N-ethyl adjacent to an activating group) is 1. The summed E-state index contributed by atoms with van der Waals surface area (Å²) in [4.78, 5) is 49.3. The Labute approximate surface area is 199 Å². The molecule has 1 saturated heterocycles. The van der Waals surface area contributed by atoms with E-state index in [4.69, 9.17) is 4.74 Å². The van der Waals surface area contributed by atoms with E-state index in [0.29, 0.717) is 35.5 Å². The van der Waals surface area contributed by atoms with Crippen LogP contribution in [0.3, 0.4) is 0 Å². The Morgan fingerprint density at radius 2 is 1.82 bits per heavy atom. The summed E-state index contributed by atoms with van der Waals surface area (Å²) in [6.07, 6.45) is 3.18. The Morgan fingerprint density at radius 1 is 1.18 bits per heavy atom. The number of esters is 1. The molecule has 0 radical (unpaired) electrons. The lowest BCUT2D eigenvalue weighted by molar-refractivity contribution is -0.140. The summed E-state index contributed by atoms with van der Waals surface area (Å²) >= 11 is 0. The topological polar surface area (TPSA) is 116 Å². The van der Waals surface area contributed by atoms with Gasteiger partial charge < -0.3 is 24.6 Å². The number of rotatable bonds is 9. The van der Waals surface area contributed by atoms with Crippen molar-refractivity contribution in [2.45, 2.75) is 40.7 Å². The molecular formula is C25H32N4O5. The van der Waals surface area contributed by atoms with Gasteiger partial charge in [0.1, 0.15) is 11.5 Å². The number of pyridine rings is 1. The first-order chi connectivity index (χ1) is 16.3. The summed E-state index contributed by atoms with van der Waals surface area (Å²) in [5.74, 6) is -2.27. The fourth-order valence-electron chi connectivity index (χ4n) is 4.44. The van der Waals surface area contributed by atoms with Crippen molar-refractivity contribution in [3.63, 3.8) is 0 Å². The summed E-state index contributed by atoms with van der Waals surface area (Å²) in [5, 5.41) is 11.4. The Morgan fingerprint density at radius 3 is 2.41 bits per heavy atom. The minimum Gasteiger partial charge on any atom is -0.507 e. The minimum atomic E-state index is -0.765. The molecule has 3 heterocycles. The molecule has 1 atom stereocenters. The van der Waals surface area contributed by atoms with Crippen molar-refractivity contribution in [3.05, 3.63) is 58.2 Å². The number of nitrogens with one attached hydrogen (secondary N) is 1. The molecule has 0 bridgehead atoms. The predicted molar refractivity (Wildman–Crippen MR) is 127 cm³/mol. The maximum absolute atomic E-state index is 13.2. The quantitative estimate of drug-likeness (QED) is 0.252. The summed E-state index contributed by atoms with van der Waals surface area (Å²) < 4.78 is 5.09. The molecule has 0 unspecified atom stereocenters. The molecule has 3 rings (SSSR count). The van der Waals surface area contributed by atoms with Gasteiger partial charge in [-0.2, -0.15) is 0 Å². The van der Waals surface area contributed by atoms with Crippen molar-refractivity contribution < 1.29 is 24.2 Å². The van der Waals surface area contributed by atoms with Crippen LogP contribution in [0.4, 0.5) is 0 Å². The lowest BCUT2D eigenvalue weighted by Gasteiger charge is -2.28. The number of aliphatic hydroxyl groups is 1. The maximum atomic E-state index is 13.2. The number of amides is 1. The number of carbonyl (C=O) groups is 3. The molecular weight excluding hydrogens is 436 g/mol. The van der Waals surface area contributed by atoms with Crippen LogP contribution in [-0.4, -0.2) is 75.3 Å². The van der Waals surface area contributed by atoms with E-state index in [1.54, 1.807) is 45.3 Å². The van der Waals surface area contributed by atoms with Crippen LogP contribution in [0.15, 0.2) is 30.1 Å². The second kappa shape index (κ2) is 10.6. The number of hydrogen-bond acceptors (Lipinski definition) is 7. The van der Waals surface area contributed by atoms with Crippen LogP contribution < -0.4 is 0 Å². The Bertz CT molecular complexity index is 1100. The van der Waals surface area contributed by atoms with Gasteiger partial charge in [0, 0.05) is 36.7 Å². The first-order valence-corrected chi connectivity index (χ1v) is 11.5. The highest BCUT2D eigenvalue weighted by Crippen LogP contribution is 2.40. The Kier molecular flexibility index (Phi) is 7.88. The molecule has 2 N–H and O–H groups in total. The molecule has 0 aromatic carbocycles. The number of ether oxygens (including phenoxy) is 1. The van der Waals surface area contributed by atoms with Gasteiger partial charge >= 0.3 is 5.97 Å². The highest BCUT2D eigenvalue weighted by Gasteiger charge is 2.46. The van der Waals surface area contributed by atoms with E-state index in [1.807, 2.05) is 13.8 Å². The van der Waals surface area contributed by atoms with Crippen LogP contribution in [0.25, 0.3) is 5.76 Å². The van der Waals surface area contributed by atoms with E-state index in [-0.39, 0.29) is 23.6 Å². The number of ketones is 1. The van der Waals surface area contributed by atoms with Gasteiger partial charge in [-0.3, -0.25) is 14.6 Å². The van der Waals surface area contributed by atoms with E-state index in [2.05, 4.69) is 14.9 Å². The van der Waals surface area contributed by atoms with Crippen LogP contribution in [0.1, 0.15) is 59.7 Å². The number of H-pyrrole nitrogens is 1. The highest BCUT2D eigenvalue weighted by molar-refractivity contribution is 6.46. The number of aromatic amines is 1. The number of aromatic nitrogens is 2. The highest BCUT2D eigenvalue weighted by atomic mass is 16.5. The number of aliphatic hydroxyl groups excluding tert-OH is 1. The third-order valence-corrected chi connectivity index (χ3v) is 6.27. The zero-order valence-corrected chi connectivity index (χ0v) is 20.3. The van der Waals surface area contributed by atoms with Gasteiger partial charge in [-0.05, 0) is 57.1 Å². The van der Waals surface area contributed by atoms with Crippen molar-refractivity contribution >= 4 is 23.4 Å². The van der Waals surface area contributed by atoms with Gasteiger partial charge in [-0.1, -0.05) is 13.8 Å². The van der Waals surface area contributed by atoms with Crippen molar-refractivity contribution in [3.8, 4) is 0 Å². The summed E-state index contributed by atoms with van der Waals surface area (Å²) in [6, 6.07) is 2.70. The summed E-state index contributed by atoms with van der Waals surface area (Å²) in [5.41, 5.74) is 2.15. The van der Waals surface area contributed by atoms with Gasteiger partial charge in [0.05, 0.1) is 18.2 Å². The second-order valence-corrected chi connectivity index (χ2v) is 8.15. The monoisotopic (exact) mass is 468 g/mol. The zero-order valence-electron chi connectivity index (χ0n) is 20.3. The molecule has 1 fully saturated rings. The fraction of sp³-hybridized carbons (Fsp3) is 0.440. The molecule has 9 nitrogen and oxygen atoms in total. The van der Waals surface area contributed by atoms with Crippen LogP contribution >= 0.6 is 0 Å². The third-order valence-electron chi connectivity index (χ3n) is 6.27. The second-order valence-electron chi connectivity index (χ2n) is 8.15. The molecule has 0 saturated carbocycles. The van der Waals surface area contributed by atoms with Crippen LogP contribution in [0.2, 0.25) is 0 Å². The predicted octanol–water partition coefficient (Wildman–Crippen LogP) is 2.97. The summed E-state index contributed by atoms with van der Waals surface area (Å²) in [7, 11) is 0. The lowest BCUT2D eigenvalue weighted by atomic mass is 9.94. The normalized spacial score (nSPS) is 17.6. The average Bonchev–Trinajstić information content (AvgIpc) is 3.27. The fourth-order valence-corrected chi connectivity index (χ4v) is 4.44. The number of carbonyl (C=O) groups excluding carboxylic acids is 3. The first-order valence-electron chi connectivity index (χ1n) is 11.5. The molecule has 2 aromatic rings. The number of likely N-dealkylation sites (tertiary alicyclic amines) is 1. The molecule has 0 aliphatic carbocycles. The van der Waals surface area contributed by atoms with Crippen LogP contribution in [-0.2, 0) is 14.3 Å². The maximum Gasteiger partial charge on any atom is 0.355 e. The summed E-state index contributed by atoms with van der Waals surface area (Å²) in [6.45, 7) is 11.9. The Hall–Kier alpha value is -3.46. The van der Waals surface area contributed by atoms with Gasteiger partial charge in [0.2, 0.25) is 0 Å². The van der Waals surface area contributed by atoms with E-state index >= 15 is 0 Å². The largest absolute Gasteiger partial charge is 0.507 e. The lowest BCUT2D eigenvalue weighted by Crippen LogP contribution is -2.38. The number of Topliss-reactive ketones (excluding diaryl/α,β-unsaturated/α-hetero) is 1. The van der Waals surface area contributed by atoms with Crippen molar-refractivity contribution in [2.24, 2.45) is 0 Å². The van der Waals surface area contributed by atoms with Crippen LogP contribution in [0, 0.1) is 13.8 Å². The molecule has 1 amide bonds. The van der Waals surface area contributed by atoms with E-state index in [9.17, 15) is 19.5 Å². The van der Waals surface area contributed by atoms with Gasteiger partial charge in [0.25, 0.3) is 11.7 Å². The number of nitrogens with zero attached hydrogens (tertiary/aromatic N) is 3. The molecule has 2 aromatic heterocycles. The van der Waals surface area contributed by atoms with Crippen molar-refractivity contribution in [1.29, 1.82) is 0 Å². The van der Waals surface area contributed by atoms with Gasteiger partial charge in [0.15, 0.2) is 0 Å². The smallest absolute Gasteiger partial charge is 0.355 e. The molecule has 1 aliphatic rings. The standard InChI is InChI=1S/C25H32N4O5/c1-6-28(7-2)13-14-29-21(17-9-11-26-12-10-17)19(23(31)24(29)32)22(30)18-15(4)20(27-16(18)5)25(33)34-8-3/h9-12,21,27,30H,6-8,13-14H2,1-5H3/t21-/m1/s1. The molecule has 0 spiro atoms. The third kappa shape index (κ3) is 4.61. The zero-order chi connectivity index (χ0) is 25.0. The number of hydrogen-bond donors (Lipinski definition) is 2. The average molecular weight is 469 g/mol. The SMILES string of the molecule is CCOC(=O)c1[nH]c(C)c(C(O)=C2C(=O)C(=O)N(CCN(CC)CC)[C@@H]2c2ccncc2)c1C. The minimum absolute atomic E-state index is 0.00337. The molecule has 34 heavy (non-hydrogen) atoms. The first kappa shape index (κ1) is 25.2. The van der Waals surface area contributed by atoms with Crippen molar-refractivity contribution in [1.82, 2.24) is 19.8 Å². The van der Waals surface area contributed by atoms with Gasteiger partial charge in [-0.15, -0.1) is 0 Å². The van der Waals surface area contributed by atoms with E-state index < -0.39 is 23.7 Å².